The molecule has 0 aliphatic carbocycles. The number of ether oxygens (including phenoxy) is 4. The van der Waals surface area contributed by atoms with Crippen molar-refractivity contribution < 1.29 is 28.3 Å². The normalized spacial score (nSPS) is 13.4. The number of carbonyl (C=O) groups excluding carboxylic acids is 1. The smallest absolute Gasteiger partial charge is 0.254 e. The molecule has 1 aliphatic heterocycles. The van der Waals surface area contributed by atoms with Crippen LogP contribution in [0.1, 0.15) is 33.6 Å². The minimum absolute atomic E-state index is 0.0000849. The molecule has 9 nitrogen and oxygen atoms in total. The maximum atomic E-state index is 13.0. The number of hydrogen-bond acceptors (Lipinski definition) is 8. The lowest BCUT2D eigenvalue weighted by molar-refractivity contribution is 0.0568. The Hall–Kier alpha value is -3.75. The second-order valence-electron chi connectivity index (χ2n) is 7.36. The van der Waals surface area contributed by atoms with Crippen LogP contribution in [0.5, 0.6) is 23.0 Å². The van der Waals surface area contributed by atoms with E-state index >= 15 is 0 Å². The van der Waals surface area contributed by atoms with Crippen LogP contribution < -0.4 is 18.9 Å². The van der Waals surface area contributed by atoms with Gasteiger partial charge < -0.3 is 28.4 Å². The number of amides is 1. The Morgan fingerprint density at radius 1 is 1.00 bits per heavy atom. The number of methoxy groups -OCH3 is 4. The van der Waals surface area contributed by atoms with Crippen molar-refractivity contribution in [3.05, 3.63) is 59.2 Å². The van der Waals surface area contributed by atoms with Gasteiger partial charge in [0.05, 0.1) is 34.4 Å². The minimum atomic E-state index is -0.130. The molecule has 2 heterocycles. The summed E-state index contributed by atoms with van der Waals surface area (Å²) in [4.78, 5) is 19.2. The van der Waals surface area contributed by atoms with Gasteiger partial charge in [0.1, 0.15) is 5.75 Å². The molecule has 0 radical (unpaired) electrons. The third-order valence-electron chi connectivity index (χ3n) is 5.45. The summed E-state index contributed by atoms with van der Waals surface area (Å²) >= 11 is 0. The SMILES string of the molecule is COc1ccccc1Cc1noc(C2CN(C(=O)c3cc(OC)c(OC)c(OC)c3)C2)n1. The van der Waals surface area contributed by atoms with Crippen molar-refractivity contribution in [2.24, 2.45) is 0 Å². The van der Waals surface area contributed by atoms with E-state index in [1.807, 2.05) is 24.3 Å². The Morgan fingerprint density at radius 2 is 1.66 bits per heavy atom. The average Bonchev–Trinajstić information content (AvgIpc) is 3.25. The predicted molar refractivity (Wildman–Crippen MR) is 115 cm³/mol. The molecule has 32 heavy (non-hydrogen) atoms. The van der Waals surface area contributed by atoms with Gasteiger partial charge in [-0.25, -0.2) is 0 Å². The van der Waals surface area contributed by atoms with E-state index in [-0.39, 0.29) is 11.8 Å². The standard InChI is InChI=1S/C23H25N3O6/c1-28-17-8-6-5-7-14(17)11-20-24-22(32-25-20)16-12-26(13-16)23(27)15-9-18(29-2)21(31-4)19(10-15)30-3/h5-10,16H,11-13H2,1-4H3. The molecule has 9 heteroatoms. The van der Waals surface area contributed by atoms with E-state index in [1.165, 1.54) is 21.3 Å². The third kappa shape index (κ3) is 4.05. The van der Waals surface area contributed by atoms with Gasteiger partial charge in [-0.1, -0.05) is 23.4 Å². The highest BCUT2D eigenvalue weighted by atomic mass is 16.5. The van der Waals surface area contributed by atoms with Crippen LogP contribution in [0.2, 0.25) is 0 Å². The molecule has 0 atom stereocenters. The summed E-state index contributed by atoms with van der Waals surface area (Å²) in [6.07, 6.45) is 0.508. The number of benzene rings is 2. The second kappa shape index (κ2) is 9.17. The molecule has 2 aromatic carbocycles. The van der Waals surface area contributed by atoms with Crippen LogP contribution in [-0.2, 0) is 6.42 Å². The first-order chi connectivity index (χ1) is 15.6. The highest BCUT2D eigenvalue weighted by molar-refractivity contribution is 5.96. The molecule has 0 unspecified atom stereocenters. The number of para-hydroxylation sites is 1. The number of aromatic nitrogens is 2. The van der Waals surface area contributed by atoms with E-state index in [1.54, 1.807) is 24.1 Å². The summed E-state index contributed by atoms with van der Waals surface area (Å²) in [5.41, 5.74) is 1.44. The zero-order valence-corrected chi connectivity index (χ0v) is 18.5. The Balaban J connectivity index is 1.42. The third-order valence-corrected chi connectivity index (χ3v) is 5.45. The molecule has 1 amide bonds. The Labute approximate surface area is 185 Å². The Kier molecular flexibility index (Phi) is 6.16. The number of rotatable bonds is 8. The summed E-state index contributed by atoms with van der Waals surface area (Å²) in [5, 5.41) is 4.09. The van der Waals surface area contributed by atoms with Crippen molar-refractivity contribution >= 4 is 5.91 Å². The van der Waals surface area contributed by atoms with Crippen LogP contribution in [0.3, 0.4) is 0 Å². The monoisotopic (exact) mass is 439 g/mol. The summed E-state index contributed by atoms with van der Waals surface area (Å²) < 4.78 is 26.8. The topological polar surface area (TPSA) is 96.2 Å². The largest absolute Gasteiger partial charge is 0.496 e. The van der Waals surface area contributed by atoms with Gasteiger partial charge >= 0.3 is 0 Å². The minimum Gasteiger partial charge on any atom is -0.496 e. The zero-order chi connectivity index (χ0) is 22.7. The van der Waals surface area contributed by atoms with Crippen molar-refractivity contribution in [2.75, 3.05) is 41.5 Å². The molecule has 168 valence electrons. The molecule has 1 aromatic heterocycles. The molecule has 4 rings (SSSR count). The number of hydrogen-bond donors (Lipinski definition) is 0. The van der Waals surface area contributed by atoms with Crippen molar-refractivity contribution in [3.8, 4) is 23.0 Å². The van der Waals surface area contributed by atoms with Crippen LogP contribution in [0, 0.1) is 0 Å². The lowest BCUT2D eigenvalue weighted by Crippen LogP contribution is -2.48. The Bertz CT molecular complexity index is 1080. The second-order valence-corrected chi connectivity index (χ2v) is 7.36. The summed E-state index contributed by atoms with van der Waals surface area (Å²) in [6.45, 7) is 0.984. The van der Waals surface area contributed by atoms with Gasteiger partial charge in [0, 0.05) is 30.6 Å². The van der Waals surface area contributed by atoms with Gasteiger partial charge in [-0.05, 0) is 18.2 Å². The molecular formula is C23H25N3O6. The number of carbonyl (C=O) groups is 1. The molecule has 3 aromatic rings. The fourth-order valence-corrected chi connectivity index (χ4v) is 3.71. The number of likely N-dealkylation sites (tertiary alicyclic amines) is 1. The Morgan fingerprint density at radius 3 is 2.28 bits per heavy atom. The maximum Gasteiger partial charge on any atom is 0.254 e. The average molecular weight is 439 g/mol. The number of nitrogens with zero attached hydrogens (tertiary/aromatic N) is 3. The molecule has 0 bridgehead atoms. The van der Waals surface area contributed by atoms with Crippen LogP contribution in [0.15, 0.2) is 40.9 Å². The molecular weight excluding hydrogens is 414 g/mol. The predicted octanol–water partition coefficient (Wildman–Crippen LogP) is 2.93. The van der Waals surface area contributed by atoms with Crippen molar-refractivity contribution in [1.29, 1.82) is 0 Å². The quantitative estimate of drug-likeness (QED) is 0.529. The molecule has 1 saturated heterocycles. The summed E-state index contributed by atoms with van der Waals surface area (Å²) in [5.74, 6) is 3.08. The van der Waals surface area contributed by atoms with E-state index in [0.717, 1.165) is 11.3 Å². The van der Waals surface area contributed by atoms with Crippen molar-refractivity contribution in [3.63, 3.8) is 0 Å². The lowest BCUT2D eigenvalue weighted by atomic mass is 9.98. The van der Waals surface area contributed by atoms with E-state index in [2.05, 4.69) is 10.1 Å². The van der Waals surface area contributed by atoms with Crippen molar-refractivity contribution in [1.82, 2.24) is 15.0 Å². The highest BCUT2D eigenvalue weighted by Crippen LogP contribution is 2.39. The lowest BCUT2D eigenvalue weighted by Gasteiger charge is -2.37. The van der Waals surface area contributed by atoms with E-state index in [4.69, 9.17) is 23.5 Å². The van der Waals surface area contributed by atoms with Crippen LogP contribution >= 0.6 is 0 Å². The van der Waals surface area contributed by atoms with E-state index in [9.17, 15) is 4.79 Å². The molecule has 0 spiro atoms. The molecule has 0 saturated carbocycles. The van der Waals surface area contributed by atoms with Gasteiger partial charge in [0.2, 0.25) is 11.6 Å². The first kappa shape index (κ1) is 21.5. The highest BCUT2D eigenvalue weighted by Gasteiger charge is 2.36. The summed E-state index contributed by atoms with van der Waals surface area (Å²) in [6, 6.07) is 11.0. The van der Waals surface area contributed by atoms with Gasteiger partial charge in [-0.15, -0.1) is 0 Å². The van der Waals surface area contributed by atoms with E-state index < -0.39 is 0 Å². The van der Waals surface area contributed by atoms with Gasteiger partial charge in [0.15, 0.2) is 17.3 Å². The fraction of sp³-hybridized carbons (Fsp3) is 0.348. The van der Waals surface area contributed by atoms with Crippen LogP contribution in [-0.4, -0.2) is 62.5 Å². The molecule has 0 N–H and O–H groups in total. The maximum absolute atomic E-state index is 13.0. The summed E-state index contributed by atoms with van der Waals surface area (Å²) in [7, 11) is 6.19. The first-order valence-corrected chi connectivity index (χ1v) is 10.1. The van der Waals surface area contributed by atoms with Crippen LogP contribution in [0.4, 0.5) is 0 Å². The molecule has 1 aliphatic rings. The van der Waals surface area contributed by atoms with Gasteiger partial charge in [-0.3, -0.25) is 4.79 Å². The molecule has 1 fully saturated rings. The van der Waals surface area contributed by atoms with Gasteiger partial charge in [-0.2, -0.15) is 4.98 Å². The van der Waals surface area contributed by atoms with Gasteiger partial charge in [0.25, 0.3) is 5.91 Å². The van der Waals surface area contributed by atoms with Crippen LogP contribution in [0.25, 0.3) is 0 Å². The fourth-order valence-electron chi connectivity index (χ4n) is 3.71. The zero-order valence-electron chi connectivity index (χ0n) is 18.5. The first-order valence-electron chi connectivity index (χ1n) is 10.1. The van der Waals surface area contributed by atoms with E-state index in [0.29, 0.717) is 54.0 Å². The van der Waals surface area contributed by atoms with Crippen molar-refractivity contribution in [2.45, 2.75) is 12.3 Å².